The molecule has 0 aromatic carbocycles. The van der Waals surface area contributed by atoms with Gasteiger partial charge in [0.05, 0.1) is 0 Å². The number of carbonyl (C=O) groups excluding carboxylic acids is 1. The van der Waals surface area contributed by atoms with E-state index in [0.29, 0.717) is 5.92 Å². The van der Waals surface area contributed by atoms with Crippen LogP contribution in [0.25, 0.3) is 0 Å². The van der Waals surface area contributed by atoms with Crippen LogP contribution in [0.2, 0.25) is 0 Å². The Kier molecular flexibility index (Phi) is 4.19. The molecule has 0 spiro atoms. The number of piperidine rings is 1. The minimum absolute atomic E-state index is 0.144. The highest BCUT2D eigenvalue weighted by molar-refractivity contribution is 5.68. The largest absolute Gasteiger partial charge is 0.444 e. The van der Waals surface area contributed by atoms with Gasteiger partial charge in [-0.1, -0.05) is 0 Å². The summed E-state index contributed by atoms with van der Waals surface area (Å²) < 4.78 is 5.35. The quantitative estimate of drug-likeness (QED) is 0.746. The molecule has 0 radical (unpaired) electrons. The Morgan fingerprint density at radius 2 is 2.12 bits per heavy atom. The first-order valence-corrected chi connectivity index (χ1v) is 6.03. The van der Waals surface area contributed by atoms with Gasteiger partial charge in [-0.3, -0.25) is 0 Å². The minimum Gasteiger partial charge on any atom is -0.444 e. The topological polar surface area (TPSA) is 55.6 Å². The second-order valence-corrected chi connectivity index (χ2v) is 5.69. The SMILES string of the molecule is CC(N)C1CCCN(C(=O)OC(C)(C)C)C1. The van der Waals surface area contributed by atoms with Gasteiger partial charge in [0.1, 0.15) is 5.60 Å². The molecule has 0 aromatic heterocycles. The number of carbonyl (C=O) groups is 1. The van der Waals surface area contributed by atoms with Crippen molar-refractivity contribution in [3.63, 3.8) is 0 Å². The van der Waals surface area contributed by atoms with Gasteiger partial charge in [-0.25, -0.2) is 4.79 Å². The number of nitrogens with two attached hydrogens (primary N) is 1. The molecule has 2 N–H and O–H groups in total. The van der Waals surface area contributed by atoms with Crippen LogP contribution in [-0.2, 0) is 4.74 Å². The molecule has 0 aliphatic carbocycles. The Labute approximate surface area is 98.1 Å². The van der Waals surface area contributed by atoms with Gasteiger partial charge < -0.3 is 15.4 Å². The maximum atomic E-state index is 11.8. The fourth-order valence-electron chi connectivity index (χ4n) is 1.93. The van der Waals surface area contributed by atoms with E-state index in [-0.39, 0.29) is 12.1 Å². The number of ether oxygens (including phenoxy) is 1. The van der Waals surface area contributed by atoms with Crippen LogP contribution in [0.15, 0.2) is 0 Å². The lowest BCUT2D eigenvalue weighted by atomic mass is 9.92. The summed E-state index contributed by atoms with van der Waals surface area (Å²) in [6.45, 7) is 9.18. The van der Waals surface area contributed by atoms with Crippen LogP contribution >= 0.6 is 0 Å². The number of rotatable bonds is 1. The Bertz CT molecular complexity index is 246. The van der Waals surface area contributed by atoms with Crippen molar-refractivity contribution >= 4 is 6.09 Å². The minimum atomic E-state index is -0.418. The van der Waals surface area contributed by atoms with Crippen LogP contribution < -0.4 is 5.73 Å². The van der Waals surface area contributed by atoms with Crippen molar-refractivity contribution in [1.82, 2.24) is 4.90 Å². The highest BCUT2D eigenvalue weighted by atomic mass is 16.6. The summed E-state index contributed by atoms with van der Waals surface area (Å²) in [6.07, 6.45) is 1.92. The van der Waals surface area contributed by atoms with Crippen molar-refractivity contribution in [3.8, 4) is 0 Å². The first kappa shape index (κ1) is 13.3. The molecule has 0 aromatic rings. The van der Waals surface area contributed by atoms with Gasteiger partial charge in [-0.05, 0) is 46.5 Å². The molecule has 94 valence electrons. The Morgan fingerprint density at radius 3 is 2.62 bits per heavy atom. The van der Waals surface area contributed by atoms with E-state index in [1.165, 1.54) is 0 Å². The Morgan fingerprint density at radius 1 is 1.50 bits per heavy atom. The van der Waals surface area contributed by atoms with E-state index >= 15 is 0 Å². The fraction of sp³-hybridized carbons (Fsp3) is 0.917. The molecule has 1 amide bonds. The van der Waals surface area contributed by atoms with Gasteiger partial charge in [0.15, 0.2) is 0 Å². The van der Waals surface area contributed by atoms with E-state index in [9.17, 15) is 4.79 Å². The predicted octanol–water partition coefficient (Wildman–Crippen LogP) is 1.98. The van der Waals surface area contributed by atoms with E-state index in [1.807, 2.05) is 27.7 Å². The standard InChI is InChI=1S/C12H24N2O2/c1-9(13)10-6-5-7-14(8-10)11(15)16-12(2,3)4/h9-10H,5-8,13H2,1-4H3. The highest BCUT2D eigenvalue weighted by Gasteiger charge is 2.28. The van der Waals surface area contributed by atoms with Gasteiger partial charge in [-0.15, -0.1) is 0 Å². The Hall–Kier alpha value is -0.770. The smallest absolute Gasteiger partial charge is 0.410 e. The number of hydrogen-bond acceptors (Lipinski definition) is 3. The van der Waals surface area contributed by atoms with Crippen molar-refractivity contribution in [2.45, 2.75) is 52.2 Å². The fourth-order valence-corrected chi connectivity index (χ4v) is 1.93. The maximum Gasteiger partial charge on any atom is 0.410 e. The average Bonchev–Trinajstić information content (AvgIpc) is 2.15. The number of likely N-dealkylation sites (tertiary alicyclic amines) is 1. The molecule has 1 heterocycles. The summed E-state index contributed by atoms with van der Waals surface area (Å²) >= 11 is 0. The van der Waals surface area contributed by atoms with Gasteiger partial charge in [0, 0.05) is 19.1 Å². The maximum absolute atomic E-state index is 11.8. The normalized spacial score (nSPS) is 24.1. The van der Waals surface area contributed by atoms with Gasteiger partial charge in [0.2, 0.25) is 0 Å². The van der Waals surface area contributed by atoms with Crippen molar-refractivity contribution in [1.29, 1.82) is 0 Å². The van der Waals surface area contributed by atoms with Crippen LogP contribution in [0.5, 0.6) is 0 Å². The molecule has 1 aliphatic rings. The lowest BCUT2D eigenvalue weighted by Crippen LogP contribution is -2.46. The summed E-state index contributed by atoms with van der Waals surface area (Å²) in [6, 6.07) is 0.144. The molecule has 4 heteroatoms. The third kappa shape index (κ3) is 4.00. The number of nitrogens with zero attached hydrogens (tertiary/aromatic N) is 1. The molecular formula is C12H24N2O2. The van der Waals surface area contributed by atoms with E-state index in [0.717, 1.165) is 25.9 Å². The van der Waals surface area contributed by atoms with Crippen LogP contribution in [0, 0.1) is 5.92 Å². The molecule has 4 nitrogen and oxygen atoms in total. The zero-order valence-corrected chi connectivity index (χ0v) is 10.8. The third-order valence-corrected chi connectivity index (χ3v) is 2.85. The zero-order valence-electron chi connectivity index (χ0n) is 10.8. The third-order valence-electron chi connectivity index (χ3n) is 2.85. The first-order valence-electron chi connectivity index (χ1n) is 6.03. The summed E-state index contributed by atoms with van der Waals surface area (Å²) in [4.78, 5) is 13.6. The summed E-state index contributed by atoms with van der Waals surface area (Å²) in [5, 5.41) is 0. The molecule has 0 saturated carbocycles. The van der Waals surface area contributed by atoms with Crippen LogP contribution in [0.4, 0.5) is 4.79 Å². The van der Waals surface area contributed by atoms with Crippen molar-refractivity contribution in [3.05, 3.63) is 0 Å². The molecule has 16 heavy (non-hydrogen) atoms. The zero-order chi connectivity index (χ0) is 12.3. The van der Waals surface area contributed by atoms with Gasteiger partial charge in [-0.2, -0.15) is 0 Å². The lowest BCUT2D eigenvalue weighted by Gasteiger charge is -2.35. The lowest BCUT2D eigenvalue weighted by molar-refractivity contribution is 0.0156. The summed E-state index contributed by atoms with van der Waals surface area (Å²) in [7, 11) is 0. The van der Waals surface area contributed by atoms with Crippen molar-refractivity contribution in [2.24, 2.45) is 11.7 Å². The predicted molar refractivity (Wildman–Crippen MR) is 64.2 cm³/mol. The van der Waals surface area contributed by atoms with E-state index in [2.05, 4.69) is 0 Å². The molecule has 1 aliphatic heterocycles. The van der Waals surface area contributed by atoms with E-state index in [1.54, 1.807) is 4.90 Å². The van der Waals surface area contributed by atoms with Crippen LogP contribution in [-0.4, -0.2) is 35.7 Å². The molecule has 1 rings (SSSR count). The van der Waals surface area contributed by atoms with E-state index in [4.69, 9.17) is 10.5 Å². The van der Waals surface area contributed by atoms with Crippen LogP contribution in [0.1, 0.15) is 40.5 Å². The number of amides is 1. The van der Waals surface area contributed by atoms with Crippen LogP contribution in [0.3, 0.4) is 0 Å². The average molecular weight is 228 g/mol. The highest BCUT2D eigenvalue weighted by Crippen LogP contribution is 2.20. The van der Waals surface area contributed by atoms with Gasteiger partial charge in [0.25, 0.3) is 0 Å². The van der Waals surface area contributed by atoms with Crippen molar-refractivity contribution < 1.29 is 9.53 Å². The monoisotopic (exact) mass is 228 g/mol. The second-order valence-electron chi connectivity index (χ2n) is 5.69. The second kappa shape index (κ2) is 5.04. The molecule has 1 fully saturated rings. The Balaban J connectivity index is 2.50. The molecule has 1 saturated heterocycles. The first-order chi connectivity index (χ1) is 7.29. The molecular weight excluding hydrogens is 204 g/mol. The number of hydrogen-bond donors (Lipinski definition) is 1. The van der Waals surface area contributed by atoms with Crippen molar-refractivity contribution in [2.75, 3.05) is 13.1 Å². The molecule has 2 unspecified atom stereocenters. The van der Waals surface area contributed by atoms with Gasteiger partial charge >= 0.3 is 6.09 Å². The summed E-state index contributed by atoms with van der Waals surface area (Å²) in [5.41, 5.74) is 5.46. The summed E-state index contributed by atoms with van der Waals surface area (Å²) in [5.74, 6) is 0.404. The molecule has 0 bridgehead atoms. The molecule has 2 atom stereocenters. The van der Waals surface area contributed by atoms with E-state index < -0.39 is 5.60 Å².